The van der Waals surface area contributed by atoms with Crippen LogP contribution in [0, 0.1) is 5.92 Å². The quantitative estimate of drug-likeness (QED) is 0.637. The fourth-order valence-corrected chi connectivity index (χ4v) is 2.58. The van der Waals surface area contributed by atoms with Crippen LogP contribution in [0.1, 0.15) is 32.6 Å². The molecule has 3 atom stereocenters. The summed E-state index contributed by atoms with van der Waals surface area (Å²) in [6.07, 6.45) is 3.62. The van der Waals surface area contributed by atoms with E-state index < -0.39 is 0 Å². The smallest absolute Gasteiger partial charge is 0.237 e. The van der Waals surface area contributed by atoms with E-state index in [1.165, 1.54) is 0 Å². The minimum absolute atomic E-state index is 0.0262. The Kier molecular flexibility index (Phi) is 3.99. The maximum atomic E-state index is 12.0. The molecule has 0 aromatic rings. The van der Waals surface area contributed by atoms with Crippen molar-refractivity contribution in [2.45, 2.75) is 44.7 Å². The lowest BCUT2D eigenvalue weighted by molar-refractivity contribution is -0.124. The van der Waals surface area contributed by atoms with Gasteiger partial charge in [-0.05, 0) is 25.3 Å². The number of nitrogens with one attached hydrogen (secondary N) is 3. The zero-order valence-corrected chi connectivity index (χ0v) is 10.3. The average molecular weight is 239 g/mol. The van der Waals surface area contributed by atoms with Crippen LogP contribution in [0.15, 0.2) is 0 Å². The SMILES string of the molecule is CCC1CCNC(C(=O)NC2CNC(=O)C2)C1. The lowest BCUT2D eigenvalue weighted by atomic mass is 9.90. The second-order valence-corrected chi connectivity index (χ2v) is 5.02. The molecule has 3 N–H and O–H groups in total. The molecule has 2 aliphatic heterocycles. The van der Waals surface area contributed by atoms with E-state index in [-0.39, 0.29) is 23.9 Å². The molecular weight excluding hydrogens is 218 g/mol. The highest BCUT2D eigenvalue weighted by atomic mass is 16.2. The molecule has 5 nitrogen and oxygen atoms in total. The van der Waals surface area contributed by atoms with Crippen molar-refractivity contribution in [1.29, 1.82) is 0 Å². The van der Waals surface area contributed by atoms with Gasteiger partial charge in [0.05, 0.1) is 12.1 Å². The van der Waals surface area contributed by atoms with Gasteiger partial charge in [0.1, 0.15) is 0 Å². The Morgan fingerprint density at radius 2 is 2.35 bits per heavy atom. The van der Waals surface area contributed by atoms with Crippen LogP contribution in [0.5, 0.6) is 0 Å². The number of piperidine rings is 1. The second-order valence-electron chi connectivity index (χ2n) is 5.02. The molecule has 2 aliphatic rings. The van der Waals surface area contributed by atoms with Crippen LogP contribution in [0.2, 0.25) is 0 Å². The standard InChI is InChI=1S/C12H21N3O2/c1-2-8-3-4-13-10(5-8)12(17)15-9-6-11(16)14-7-9/h8-10,13H,2-7H2,1H3,(H,14,16)(H,15,17). The molecule has 3 unspecified atom stereocenters. The van der Waals surface area contributed by atoms with E-state index >= 15 is 0 Å². The van der Waals surface area contributed by atoms with Gasteiger partial charge < -0.3 is 16.0 Å². The molecule has 0 aromatic heterocycles. The summed E-state index contributed by atoms with van der Waals surface area (Å²) in [7, 11) is 0. The Balaban J connectivity index is 1.81. The number of hydrogen-bond donors (Lipinski definition) is 3. The van der Waals surface area contributed by atoms with Crippen molar-refractivity contribution in [3.05, 3.63) is 0 Å². The van der Waals surface area contributed by atoms with Crippen molar-refractivity contribution in [2.75, 3.05) is 13.1 Å². The molecule has 5 heteroatoms. The van der Waals surface area contributed by atoms with Gasteiger partial charge in [-0.2, -0.15) is 0 Å². The van der Waals surface area contributed by atoms with E-state index in [1.54, 1.807) is 0 Å². The van der Waals surface area contributed by atoms with Crippen molar-refractivity contribution >= 4 is 11.8 Å². The topological polar surface area (TPSA) is 70.2 Å². The van der Waals surface area contributed by atoms with Crippen LogP contribution < -0.4 is 16.0 Å². The van der Waals surface area contributed by atoms with Gasteiger partial charge in [0.15, 0.2) is 0 Å². The molecule has 0 spiro atoms. The van der Waals surface area contributed by atoms with E-state index in [4.69, 9.17) is 0 Å². The third kappa shape index (κ3) is 3.19. The molecule has 0 saturated carbocycles. The van der Waals surface area contributed by atoms with E-state index in [0.717, 1.165) is 25.8 Å². The lowest BCUT2D eigenvalue weighted by Gasteiger charge is -2.29. The largest absolute Gasteiger partial charge is 0.354 e. The summed E-state index contributed by atoms with van der Waals surface area (Å²) in [4.78, 5) is 23.0. The Morgan fingerprint density at radius 1 is 1.53 bits per heavy atom. The second kappa shape index (κ2) is 5.49. The molecule has 17 heavy (non-hydrogen) atoms. The molecule has 0 aliphatic carbocycles. The van der Waals surface area contributed by atoms with Gasteiger partial charge in [-0.1, -0.05) is 13.3 Å². The number of carbonyl (C=O) groups is 2. The molecule has 0 radical (unpaired) electrons. The van der Waals surface area contributed by atoms with Gasteiger partial charge in [0.2, 0.25) is 11.8 Å². The van der Waals surface area contributed by atoms with Gasteiger partial charge in [-0.25, -0.2) is 0 Å². The summed E-state index contributed by atoms with van der Waals surface area (Å²) < 4.78 is 0. The maximum Gasteiger partial charge on any atom is 0.237 e. The first-order valence-corrected chi connectivity index (χ1v) is 6.49. The summed E-state index contributed by atoms with van der Waals surface area (Å²) >= 11 is 0. The molecule has 0 aromatic carbocycles. The van der Waals surface area contributed by atoms with E-state index in [1.807, 2.05) is 0 Å². The molecule has 2 saturated heterocycles. The summed E-state index contributed by atoms with van der Waals surface area (Å²) in [5, 5.41) is 8.91. The van der Waals surface area contributed by atoms with Crippen molar-refractivity contribution in [1.82, 2.24) is 16.0 Å². The van der Waals surface area contributed by atoms with Gasteiger partial charge >= 0.3 is 0 Å². The normalized spacial score (nSPS) is 33.2. The van der Waals surface area contributed by atoms with Gasteiger partial charge in [-0.15, -0.1) is 0 Å². The van der Waals surface area contributed by atoms with Crippen LogP contribution in [0.4, 0.5) is 0 Å². The fourth-order valence-electron chi connectivity index (χ4n) is 2.58. The zero-order chi connectivity index (χ0) is 12.3. The monoisotopic (exact) mass is 239 g/mol. The van der Waals surface area contributed by atoms with E-state index in [2.05, 4.69) is 22.9 Å². The van der Waals surface area contributed by atoms with E-state index in [9.17, 15) is 9.59 Å². The lowest BCUT2D eigenvalue weighted by Crippen LogP contribution is -2.51. The molecule has 2 fully saturated rings. The summed E-state index contributed by atoms with van der Waals surface area (Å²) in [6, 6.07) is -0.108. The Labute approximate surface area is 102 Å². The van der Waals surface area contributed by atoms with Crippen LogP contribution in [-0.4, -0.2) is 37.0 Å². The Morgan fingerprint density at radius 3 is 3.00 bits per heavy atom. The van der Waals surface area contributed by atoms with E-state index in [0.29, 0.717) is 18.9 Å². The molecule has 2 heterocycles. The Hall–Kier alpha value is -1.10. The van der Waals surface area contributed by atoms with Crippen LogP contribution in [0.3, 0.4) is 0 Å². The van der Waals surface area contributed by atoms with Gasteiger partial charge in [-0.3, -0.25) is 9.59 Å². The predicted octanol–water partition coefficient (Wildman–Crippen LogP) is -0.231. The third-order valence-corrected chi connectivity index (χ3v) is 3.73. The van der Waals surface area contributed by atoms with Gasteiger partial charge in [0, 0.05) is 13.0 Å². The number of rotatable bonds is 3. The van der Waals surface area contributed by atoms with Crippen molar-refractivity contribution in [3.8, 4) is 0 Å². The molecule has 2 amide bonds. The summed E-state index contributed by atoms with van der Waals surface area (Å²) in [5.41, 5.74) is 0. The number of amides is 2. The molecule has 2 rings (SSSR count). The molecule has 0 bridgehead atoms. The van der Waals surface area contributed by atoms with Crippen molar-refractivity contribution < 1.29 is 9.59 Å². The fraction of sp³-hybridized carbons (Fsp3) is 0.833. The van der Waals surface area contributed by atoms with Crippen molar-refractivity contribution in [3.63, 3.8) is 0 Å². The first-order valence-electron chi connectivity index (χ1n) is 6.49. The number of carbonyl (C=O) groups excluding carboxylic acids is 2. The summed E-state index contributed by atoms with van der Waals surface area (Å²) in [5.74, 6) is 0.721. The van der Waals surface area contributed by atoms with Crippen LogP contribution >= 0.6 is 0 Å². The molecule has 96 valence electrons. The summed E-state index contributed by atoms with van der Waals surface area (Å²) in [6.45, 7) is 3.65. The first kappa shape index (κ1) is 12.4. The highest BCUT2D eigenvalue weighted by Gasteiger charge is 2.29. The minimum atomic E-state index is -0.0793. The van der Waals surface area contributed by atoms with Crippen molar-refractivity contribution in [2.24, 2.45) is 5.92 Å². The minimum Gasteiger partial charge on any atom is -0.354 e. The number of hydrogen-bond acceptors (Lipinski definition) is 3. The molecular formula is C12H21N3O2. The zero-order valence-electron chi connectivity index (χ0n) is 10.3. The highest BCUT2D eigenvalue weighted by Crippen LogP contribution is 2.19. The van der Waals surface area contributed by atoms with Gasteiger partial charge in [0.25, 0.3) is 0 Å². The first-order chi connectivity index (χ1) is 8.19. The average Bonchev–Trinajstić information content (AvgIpc) is 2.75. The highest BCUT2D eigenvalue weighted by molar-refractivity contribution is 5.84. The Bertz CT molecular complexity index is 306. The maximum absolute atomic E-state index is 12.0. The van der Waals surface area contributed by atoms with Crippen LogP contribution in [0.25, 0.3) is 0 Å². The predicted molar refractivity (Wildman–Crippen MR) is 64.4 cm³/mol. The third-order valence-electron chi connectivity index (χ3n) is 3.73. The van der Waals surface area contributed by atoms with Crippen LogP contribution in [-0.2, 0) is 9.59 Å².